The molecule has 1 aromatic carbocycles. The van der Waals surface area contributed by atoms with E-state index in [4.69, 9.17) is 0 Å². The Morgan fingerprint density at radius 1 is 1.18 bits per heavy atom. The van der Waals surface area contributed by atoms with Crippen molar-refractivity contribution in [3.63, 3.8) is 0 Å². The Morgan fingerprint density at radius 3 is 2.27 bits per heavy atom. The van der Waals surface area contributed by atoms with Crippen LogP contribution in [0.15, 0.2) is 29.2 Å². The van der Waals surface area contributed by atoms with Crippen LogP contribution in [0.4, 0.5) is 0 Å². The quantitative estimate of drug-likeness (QED) is 0.839. The van der Waals surface area contributed by atoms with Crippen LogP contribution in [-0.2, 0) is 20.2 Å². The Hall–Kier alpha value is -1.40. The summed E-state index contributed by atoms with van der Waals surface area (Å²) < 4.78 is 26.5. The van der Waals surface area contributed by atoms with Gasteiger partial charge < -0.3 is 9.90 Å². The van der Waals surface area contributed by atoms with E-state index in [9.17, 15) is 18.3 Å². The van der Waals surface area contributed by atoms with Crippen molar-refractivity contribution < 1.29 is 18.3 Å². The third-order valence-corrected chi connectivity index (χ3v) is 5.98. The van der Waals surface area contributed by atoms with Gasteiger partial charge in [0.2, 0.25) is 10.0 Å². The van der Waals surface area contributed by atoms with Crippen LogP contribution in [0.1, 0.15) is 45.6 Å². The molecule has 6 heteroatoms. The second kappa shape index (κ2) is 6.01. The van der Waals surface area contributed by atoms with E-state index in [0.29, 0.717) is 19.3 Å². The van der Waals surface area contributed by atoms with Gasteiger partial charge >= 0.3 is 0 Å². The molecular formula is C16H22NO4S-. The van der Waals surface area contributed by atoms with Gasteiger partial charge in [-0.3, -0.25) is 0 Å². The molecule has 1 atom stereocenters. The summed E-state index contributed by atoms with van der Waals surface area (Å²) in [6.45, 7) is 6.37. The van der Waals surface area contributed by atoms with Crippen molar-refractivity contribution in [2.75, 3.05) is 6.54 Å². The van der Waals surface area contributed by atoms with Gasteiger partial charge in [-0.2, -0.15) is 4.31 Å². The Labute approximate surface area is 132 Å². The van der Waals surface area contributed by atoms with Gasteiger partial charge in [0.25, 0.3) is 0 Å². The van der Waals surface area contributed by atoms with Crippen LogP contribution in [0.3, 0.4) is 0 Å². The zero-order chi connectivity index (χ0) is 16.5. The molecule has 1 fully saturated rings. The van der Waals surface area contributed by atoms with Crippen molar-refractivity contribution in [2.45, 2.75) is 56.4 Å². The average Bonchev–Trinajstić information content (AvgIpc) is 2.46. The molecule has 0 N–H and O–H groups in total. The first-order valence-corrected chi connectivity index (χ1v) is 8.91. The molecule has 0 aromatic heterocycles. The van der Waals surface area contributed by atoms with Crippen molar-refractivity contribution in [2.24, 2.45) is 0 Å². The number of carboxylic acid groups (broad SMARTS) is 1. The lowest BCUT2D eigenvalue weighted by atomic mass is 9.87. The van der Waals surface area contributed by atoms with Gasteiger partial charge in [0, 0.05) is 6.54 Å². The van der Waals surface area contributed by atoms with Crippen molar-refractivity contribution >= 4 is 16.0 Å². The number of sulfonamides is 1. The number of hydrogen-bond donors (Lipinski definition) is 0. The molecule has 1 aliphatic heterocycles. The molecule has 0 saturated carbocycles. The molecule has 0 spiro atoms. The fourth-order valence-corrected chi connectivity index (χ4v) is 4.34. The Bertz CT molecular complexity index is 644. The highest BCUT2D eigenvalue weighted by atomic mass is 32.2. The fourth-order valence-electron chi connectivity index (χ4n) is 2.69. The molecule has 1 heterocycles. The van der Waals surface area contributed by atoms with Gasteiger partial charge in [-0.15, -0.1) is 0 Å². The van der Waals surface area contributed by atoms with Crippen LogP contribution in [0.2, 0.25) is 0 Å². The van der Waals surface area contributed by atoms with Crippen molar-refractivity contribution in [1.82, 2.24) is 4.31 Å². The first-order chi connectivity index (χ1) is 10.1. The number of carbonyl (C=O) groups is 1. The molecule has 0 amide bonds. The van der Waals surface area contributed by atoms with E-state index < -0.39 is 22.0 Å². The standard InChI is InChI=1S/C16H23NO4S/c1-16(2,3)12-7-9-13(10-8-12)22(20,21)17-11-5-4-6-14(17)15(18)19/h7-10,14H,4-6,11H2,1-3H3,(H,18,19)/p-1/t14-/m0/s1. The smallest absolute Gasteiger partial charge is 0.243 e. The summed E-state index contributed by atoms with van der Waals surface area (Å²) in [4.78, 5) is 11.3. The van der Waals surface area contributed by atoms with E-state index in [1.807, 2.05) is 20.8 Å². The van der Waals surface area contributed by atoms with Gasteiger partial charge in [0.05, 0.1) is 16.9 Å². The Morgan fingerprint density at radius 2 is 1.77 bits per heavy atom. The molecule has 0 bridgehead atoms. The summed E-state index contributed by atoms with van der Waals surface area (Å²) in [5, 5.41) is 11.2. The third kappa shape index (κ3) is 3.33. The van der Waals surface area contributed by atoms with Crippen molar-refractivity contribution in [3.05, 3.63) is 29.8 Å². The van der Waals surface area contributed by atoms with Crippen LogP contribution in [0, 0.1) is 0 Å². The highest BCUT2D eigenvalue weighted by molar-refractivity contribution is 7.89. The van der Waals surface area contributed by atoms with E-state index in [2.05, 4.69) is 0 Å². The lowest BCUT2D eigenvalue weighted by Crippen LogP contribution is -2.52. The monoisotopic (exact) mass is 324 g/mol. The summed E-state index contributed by atoms with van der Waals surface area (Å²) >= 11 is 0. The first kappa shape index (κ1) is 17.0. The number of rotatable bonds is 3. The van der Waals surface area contributed by atoms with E-state index in [1.165, 1.54) is 0 Å². The molecule has 0 aliphatic carbocycles. The third-order valence-electron chi connectivity index (χ3n) is 4.05. The molecule has 5 nitrogen and oxygen atoms in total. The van der Waals surface area contributed by atoms with Gasteiger partial charge in [-0.1, -0.05) is 39.3 Å². The van der Waals surface area contributed by atoms with Crippen LogP contribution in [0.25, 0.3) is 0 Å². The molecule has 1 saturated heterocycles. The molecule has 122 valence electrons. The van der Waals surface area contributed by atoms with Crippen molar-refractivity contribution in [3.8, 4) is 0 Å². The summed E-state index contributed by atoms with van der Waals surface area (Å²) in [6, 6.07) is 5.60. The van der Waals surface area contributed by atoms with E-state index >= 15 is 0 Å². The molecule has 2 rings (SSSR count). The van der Waals surface area contributed by atoms with Gasteiger partial charge in [0.1, 0.15) is 0 Å². The second-order valence-corrected chi connectivity index (χ2v) is 8.61. The number of carbonyl (C=O) groups excluding carboxylic acids is 1. The Balaban J connectivity index is 2.35. The maximum Gasteiger partial charge on any atom is 0.243 e. The van der Waals surface area contributed by atoms with E-state index in [0.717, 1.165) is 9.87 Å². The maximum atomic E-state index is 12.7. The SMILES string of the molecule is CC(C)(C)c1ccc(S(=O)(=O)N2CCCC[C@H]2C(=O)[O-])cc1. The molecule has 22 heavy (non-hydrogen) atoms. The maximum absolute atomic E-state index is 12.7. The summed E-state index contributed by atoms with van der Waals surface area (Å²) in [5.74, 6) is -1.32. The number of benzene rings is 1. The number of nitrogens with zero attached hydrogens (tertiary/aromatic N) is 1. The van der Waals surface area contributed by atoms with Crippen LogP contribution in [-0.4, -0.2) is 31.3 Å². The molecule has 1 aromatic rings. The van der Waals surface area contributed by atoms with Gasteiger partial charge in [0.15, 0.2) is 0 Å². The molecule has 0 unspecified atom stereocenters. The largest absolute Gasteiger partial charge is 0.548 e. The lowest BCUT2D eigenvalue weighted by molar-refractivity contribution is -0.311. The van der Waals surface area contributed by atoms with Crippen molar-refractivity contribution in [1.29, 1.82) is 0 Å². The summed E-state index contributed by atoms with van der Waals surface area (Å²) in [5.41, 5.74) is 0.961. The van der Waals surface area contributed by atoms with Crippen LogP contribution < -0.4 is 5.11 Å². The highest BCUT2D eigenvalue weighted by Crippen LogP contribution is 2.28. The topological polar surface area (TPSA) is 77.5 Å². The predicted molar refractivity (Wildman–Crippen MR) is 81.7 cm³/mol. The molecule has 0 radical (unpaired) electrons. The molecule has 1 aliphatic rings. The molecular weight excluding hydrogens is 302 g/mol. The number of piperidine rings is 1. The summed E-state index contributed by atoms with van der Waals surface area (Å²) in [7, 11) is -3.81. The zero-order valence-electron chi connectivity index (χ0n) is 13.2. The lowest BCUT2D eigenvalue weighted by Gasteiger charge is -2.35. The van der Waals surface area contributed by atoms with E-state index in [1.54, 1.807) is 24.3 Å². The number of carboxylic acids is 1. The minimum Gasteiger partial charge on any atom is -0.548 e. The minimum atomic E-state index is -3.81. The minimum absolute atomic E-state index is 0.0685. The number of hydrogen-bond acceptors (Lipinski definition) is 4. The fraction of sp³-hybridized carbons (Fsp3) is 0.562. The van der Waals surface area contributed by atoms with Gasteiger partial charge in [-0.25, -0.2) is 8.42 Å². The zero-order valence-corrected chi connectivity index (χ0v) is 14.0. The van der Waals surface area contributed by atoms with E-state index in [-0.39, 0.29) is 16.9 Å². The Kier molecular flexibility index (Phi) is 4.63. The van der Waals surface area contributed by atoms with Crippen LogP contribution >= 0.6 is 0 Å². The second-order valence-electron chi connectivity index (χ2n) is 6.72. The predicted octanol–water partition coefficient (Wildman–Crippen LogP) is 1.28. The van der Waals surface area contributed by atoms with Crippen LogP contribution in [0.5, 0.6) is 0 Å². The number of aliphatic carboxylic acids is 1. The highest BCUT2D eigenvalue weighted by Gasteiger charge is 2.34. The van der Waals surface area contributed by atoms with Gasteiger partial charge in [-0.05, 0) is 36.0 Å². The normalized spacial score (nSPS) is 20.8. The summed E-state index contributed by atoms with van der Waals surface area (Å²) in [6.07, 6.45) is 1.68. The average molecular weight is 324 g/mol. The first-order valence-electron chi connectivity index (χ1n) is 7.47.